The van der Waals surface area contributed by atoms with E-state index in [4.69, 9.17) is 10.3 Å². The summed E-state index contributed by atoms with van der Waals surface area (Å²) in [4.78, 5) is 0. The molecule has 0 rings (SSSR count). The van der Waals surface area contributed by atoms with Crippen molar-refractivity contribution in [2.75, 3.05) is 12.3 Å². The van der Waals surface area contributed by atoms with Crippen molar-refractivity contribution in [2.45, 2.75) is 19.3 Å². The Labute approximate surface area is 61.2 Å². The standard InChI is InChI=1S/C5H12NO3S/c6-4-2-1-3-5-10(7,8)9/h6H,1-5H2,(H,7,8,9). The number of rotatable bonds is 5. The van der Waals surface area contributed by atoms with Crippen LogP contribution in [0.15, 0.2) is 0 Å². The molecule has 2 N–H and O–H groups in total. The van der Waals surface area contributed by atoms with E-state index in [9.17, 15) is 8.42 Å². The first-order valence-electron chi connectivity index (χ1n) is 3.16. The van der Waals surface area contributed by atoms with Crippen molar-refractivity contribution >= 4 is 10.1 Å². The van der Waals surface area contributed by atoms with Gasteiger partial charge in [0.1, 0.15) is 0 Å². The van der Waals surface area contributed by atoms with Gasteiger partial charge in [-0.2, -0.15) is 8.42 Å². The van der Waals surface area contributed by atoms with Gasteiger partial charge >= 0.3 is 0 Å². The van der Waals surface area contributed by atoms with Crippen molar-refractivity contribution < 1.29 is 13.0 Å². The largest absolute Gasteiger partial charge is 0.286 e. The fourth-order valence-corrected chi connectivity index (χ4v) is 1.16. The predicted octanol–water partition coefficient (Wildman–Crippen LogP) is 0.327. The van der Waals surface area contributed by atoms with Crippen molar-refractivity contribution in [3.05, 3.63) is 0 Å². The van der Waals surface area contributed by atoms with Gasteiger partial charge in [0.15, 0.2) is 0 Å². The normalized spacial score (nSPS) is 11.8. The van der Waals surface area contributed by atoms with E-state index in [2.05, 4.69) is 0 Å². The average molecular weight is 166 g/mol. The van der Waals surface area contributed by atoms with E-state index in [0.717, 1.165) is 0 Å². The zero-order chi connectivity index (χ0) is 8.04. The number of hydrogen-bond donors (Lipinski definition) is 1. The third-order valence-corrected chi connectivity index (χ3v) is 1.88. The van der Waals surface area contributed by atoms with Gasteiger partial charge in [0.25, 0.3) is 10.1 Å². The molecule has 0 aromatic rings. The van der Waals surface area contributed by atoms with E-state index < -0.39 is 10.1 Å². The lowest BCUT2D eigenvalue weighted by Gasteiger charge is -1.94. The fraction of sp³-hybridized carbons (Fsp3) is 1.00. The van der Waals surface area contributed by atoms with Gasteiger partial charge in [-0.1, -0.05) is 6.42 Å². The average Bonchev–Trinajstić information content (AvgIpc) is 1.78. The van der Waals surface area contributed by atoms with Gasteiger partial charge in [0.05, 0.1) is 5.75 Å². The lowest BCUT2D eigenvalue weighted by molar-refractivity contribution is 0.479. The summed E-state index contributed by atoms with van der Waals surface area (Å²) in [5.41, 5.74) is 6.73. The second-order valence-electron chi connectivity index (χ2n) is 2.10. The summed E-state index contributed by atoms with van der Waals surface area (Å²) < 4.78 is 28.4. The van der Waals surface area contributed by atoms with Crippen LogP contribution in [-0.4, -0.2) is 25.3 Å². The molecule has 0 aliphatic rings. The van der Waals surface area contributed by atoms with Crippen molar-refractivity contribution in [1.82, 2.24) is 5.73 Å². The molecule has 0 aliphatic carbocycles. The summed E-state index contributed by atoms with van der Waals surface area (Å²) in [6, 6.07) is 0. The van der Waals surface area contributed by atoms with Gasteiger partial charge in [0, 0.05) is 6.54 Å². The highest BCUT2D eigenvalue weighted by Crippen LogP contribution is 1.96. The SMILES string of the molecule is [NH]CCCCCS(=O)(=O)O. The Morgan fingerprint density at radius 2 is 1.80 bits per heavy atom. The molecule has 0 saturated carbocycles. The topological polar surface area (TPSA) is 78.2 Å². The van der Waals surface area contributed by atoms with Gasteiger partial charge in [0.2, 0.25) is 0 Å². The molecule has 0 bridgehead atoms. The van der Waals surface area contributed by atoms with Crippen molar-refractivity contribution in [3.63, 3.8) is 0 Å². The predicted molar refractivity (Wildman–Crippen MR) is 38.2 cm³/mol. The maximum absolute atomic E-state index is 10.1. The molecule has 0 atom stereocenters. The fourth-order valence-electron chi connectivity index (χ4n) is 0.586. The van der Waals surface area contributed by atoms with Gasteiger partial charge in [-0.05, 0) is 12.8 Å². The molecule has 0 aromatic heterocycles. The number of unbranched alkanes of at least 4 members (excludes halogenated alkanes) is 2. The van der Waals surface area contributed by atoms with Crippen LogP contribution in [0.4, 0.5) is 0 Å². The summed E-state index contributed by atoms with van der Waals surface area (Å²) in [6.07, 6.45) is 1.86. The summed E-state index contributed by atoms with van der Waals surface area (Å²) in [5, 5.41) is 0. The quantitative estimate of drug-likeness (QED) is 0.472. The Morgan fingerprint density at radius 3 is 2.20 bits per heavy atom. The summed E-state index contributed by atoms with van der Waals surface area (Å²) >= 11 is 0. The van der Waals surface area contributed by atoms with E-state index in [1.165, 1.54) is 0 Å². The zero-order valence-electron chi connectivity index (χ0n) is 5.71. The molecule has 0 aromatic carbocycles. The minimum atomic E-state index is -3.77. The van der Waals surface area contributed by atoms with Crippen LogP contribution >= 0.6 is 0 Å². The third-order valence-electron chi connectivity index (χ3n) is 1.08. The first-order chi connectivity index (χ1) is 4.56. The zero-order valence-corrected chi connectivity index (χ0v) is 6.52. The molecule has 5 heteroatoms. The van der Waals surface area contributed by atoms with Crippen LogP contribution in [0.1, 0.15) is 19.3 Å². The third kappa shape index (κ3) is 7.87. The van der Waals surface area contributed by atoms with Crippen molar-refractivity contribution in [3.8, 4) is 0 Å². The maximum atomic E-state index is 10.1. The van der Waals surface area contributed by atoms with Crippen LogP contribution < -0.4 is 5.73 Å². The highest BCUT2D eigenvalue weighted by atomic mass is 32.2. The van der Waals surface area contributed by atoms with Gasteiger partial charge < -0.3 is 0 Å². The molecule has 0 amide bonds. The molecule has 0 aliphatic heterocycles. The minimum Gasteiger partial charge on any atom is -0.286 e. The Hall–Kier alpha value is -0.130. The monoisotopic (exact) mass is 166 g/mol. The molecule has 10 heavy (non-hydrogen) atoms. The molecular weight excluding hydrogens is 154 g/mol. The summed E-state index contributed by atoms with van der Waals surface area (Å²) in [6.45, 7) is 0.325. The Balaban J connectivity index is 3.21. The molecule has 0 unspecified atom stereocenters. The molecule has 1 radical (unpaired) electrons. The second kappa shape index (κ2) is 4.65. The highest BCUT2D eigenvalue weighted by Gasteiger charge is 2.01. The van der Waals surface area contributed by atoms with Gasteiger partial charge in [-0.3, -0.25) is 10.3 Å². The maximum Gasteiger partial charge on any atom is 0.264 e. The highest BCUT2D eigenvalue weighted by molar-refractivity contribution is 7.85. The van der Waals surface area contributed by atoms with Crippen LogP contribution in [0, 0.1) is 0 Å². The van der Waals surface area contributed by atoms with Crippen LogP contribution in [0.3, 0.4) is 0 Å². The molecule has 4 nitrogen and oxygen atoms in total. The lowest BCUT2D eigenvalue weighted by Crippen LogP contribution is -2.03. The Kier molecular flexibility index (Phi) is 4.59. The molecule has 0 spiro atoms. The molecule has 61 valence electrons. The minimum absolute atomic E-state index is 0.174. The second-order valence-corrected chi connectivity index (χ2v) is 3.67. The van der Waals surface area contributed by atoms with E-state index >= 15 is 0 Å². The first-order valence-corrected chi connectivity index (χ1v) is 4.77. The van der Waals surface area contributed by atoms with Crippen molar-refractivity contribution in [2.24, 2.45) is 0 Å². The first kappa shape index (κ1) is 9.87. The molecule has 0 fully saturated rings. The van der Waals surface area contributed by atoms with Gasteiger partial charge in [-0.15, -0.1) is 0 Å². The smallest absolute Gasteiger partial charge is 0.264 e. The van der Waals surface area contributed by atoms with Crippen LogP contribution in [-0.2, 0) is 10.1 Å². The van der Waals surface area contributed by atoms with Crippen LogP contribution in [0.5, 0.6) is 0 Å². The lowest BCUT2D eigenvalue weighted by atomic mass is 10.2. The van der Waals surface area contributed by atoms with Crippen LogP contribution in [0.25, 0.3) is 0 Å². The number of hydrogen-bond acceptors (Lipinski definition) is 2. The van der Waals surface area contributed by atoms with E-state index in [-0.39, 0.29) is 5.75 Å². The Morgan fingerprint density at radius 1 is 1.20 bits per heavy atom. The van der Waals surface area contributed by atoms with Crippen molar-refractivity contribution in [1.29, 1.82) is 0 Å². The van der Waals surface area contributed by atoms with E-state index in [0.29, 0.717) is 25.8 Å². The van der Waals surface area contributed by atoms with E-state index in [1.54, 1.807) is 0 Å². The molecule has 0 heterocycles. The Bertz CT molecular complexity index is 164. The van der Waals surface area contributed by atoms with Crippen LogP contribution in [0.2, 0.25) is 0 Å². The molecule has 0 saturated heterocycles. The van der Waals surface area contributed by atoms with Gasteiger partial charge in [-0.25, -0.2) is 0 Å². The summed E-state index contributed by atoms with van der Waals surface area (Å²) in [5.74, 6) is -0.174. The van der Waals surface area contributed by atoms with E-state index in [1.807, 2.05) is 0 Å². The molecular formula is C5H12NO3S. The number of nitrogens with one attached hydrogen (secondary N) is 1. The summed E-state index contributed by atoms with van der Waals surface area (Å²) in [7, 11) is -3.77.